The summed E-state index contributed by atoms with van der Waals surface area (Å²) >= 11 is 12.5. The van der Waals surface area contributed by atoms with E-state index in [0.29, 0.717) is 16.6 Å². The molecule has 0 radical (unpaired) electrons. The number of nitrogens with zero attached hydrogens (tertiary/aromatic N) is 3. The van der Waals surface area contributed by atoms with Crippen LogP contribution in [0.25, 0.3) is 22.3 Å². The van der Waals surface area contributed by atoms with Crippen molar-refractivity contribution in [3.05, 3.63) is 58.0 Å². The van der Waals surface area contributed by atoms with Crippen LogP contribution in [0.1, 0.15) is 11.1 Å². The zero-order chi connectivity index (χ0) is 15.1. The molecule has 6 heteroatoms. The third-order valence-corrected chi connectivity index (χ3v) is 4.49. The van der Waals surface area contributed by atoms with Crippen LogP contribution >= 0.6 is 23.2 Å². The fourth-order valence-corrected chi connectivity index (χ4v) is 3.05. The van der Waals surface area contributed by atoms with Crippen molar-refractivity contribution in [3.63, 3.8) is 0 Å². The lowest BCUT2D eigenvalue weighted by Crippen LogP contribution is -1.92. The minimum Gasteiger partial charge on any atom is -0.344 e. The Morgan fingerprint density at radius 1 is 1.05 bits per heavy atom. The maximum atomic E-state index is 6.35. The van der Waals surface area contributed by atoms with Gasteiger partial charge in [0.1, 0.15) is 5.52 Å². The van der Waals surface area contributed by atoms with Gasteiger partial charge in [0, 0.05) is 41.5 Å². The first-order chi connectivity index (χ1) is 10.8. The van der Waals surface area contributed by atoms with Crippen LogP contribution in [0.3, 0.4) is 0 Å². The molecule has 0 amide bonds. The standard InChI is InChI=1S/C16H10Cl2N4/c17-13-3-1-2-9(14(13)18)10-6-19-7-11(10)12-8-22-16-15(12)20-4-5-21-16/h1-6,8H,7H2,(H,21,22). The van der Waals surface area contributed by atoms with E-state index >= 15 is 0 Å². The topological polar surface area (TPSA) is 53.9 Å². The van der Waals surface area contributed by atoms with Crippen LogP contribution in [-0.4, -0.2) is 27.7 Å². The van der Waals surface area contributed by atoms with Crippen molar-refractivity contribution < 1.29 is 0 Å². The van der Waals surface area contributed by atoms with Crippen molar-refractivity contribution >= 4 is 51.7 Å². The molecule has 0 spiro atoms. The smallest absolute Gasteiger partial charge is 0.156 e. The molecule has 108 valence electrons. The van der Waals surface area contributed by atoms with E-state index < -0.39 is 0 Å². The highest BCUT2D eigenvalue weighted by Gasteiger charge is 2.20. The Morgan fingerprint density at radius 3 is 2.82 bits per heavy atom. The molecule has 1 aliphatic heterocycles. The largest absolute Gasteiger partial charge is 0.344 e. The van der Waals surface area contributed by atoms with Crippen LogP contribution in [0.4, 0.5) is 0 Å². The van der Waals surface area contributed by atoms with E-state index in [-0.39, 0.29) is 0 Å². The Hall–Kier alpha value is -2.17. The van der Waals surface area contributed by atoms with Gasteiger partial charge in [-0.25, -0.2) is 4.98 Å². The van der Waals surface area contributed by atoms with Gasteiger partial charge in [0.2, 0.25) is 0 Å². The second-order valence-electron chi connectivity index (χ2n) is 4.92. The molecule has 2 aromatic heterocycles. The van der Waals surface area contributed by atoms with Crippen molar-refractivity contribution in [2.75, 3.05) is 6.54 Å². The lowest BCUT2D eigenvalue weighted by atomic mass is 9.98. The van der Waals surface area contributed by atoms with E-state index in [1.165, 1.54) is 0 Å². The average molecular weight is 329 g/mol. The molecule has 4 nitrogen and oxygen atoms in total. The van der Waals surface area contributed by atoms with Crippen LogP contribution in [-0.2, 0) is 0 Å². The van der Waals surface area contributed by atoms with E-state index in [4.69, 9.17) is 23.2 Å². The first-order valence-corrected chi connectivity index (χ1v) is 7.47. The molecule has 3 heterocycles. The van der Waals surface area contributed by atoms with Crippen LogP contribution < -0.4 is 0 Å². The molecule has 1 aliphatic rings. The van der Waals surface area contributed by atoms with Gasteiger partial charge in [0.05, 0.1) is 16.6 Å². The summed E-state index contributed by atoms with van der Waals surface area (Å²) in [5.41, 5.74) is 5.50. The summed E-state index contributed by atoms with van der Waals surface area (Å²) in [6.07, 6.45) is 7.09. The van der Waals surface area contributed by atoms with Gasteiger partial charge in [-0.1, -0.05) is 35.3 Å². The Balaban J connectivity index is 1.95. The van der Waals surface area contributed by atoms with Crippen molar-refractivity contribution in [2.24, 2.45) is 4.99 Å². The van der Waals surface area contributed by atoms with Crippen molar-refractivity contribution in [2.45, 2.75) is 0 Å². The molecule has 0 saturated heterocycles. The summed E-state index contributed by atoms with van der Waals surface area (Å²) in [5.74, 6) is 0. The molecule has 0 fully saturated rings. The van der Waals surface area contributed by atoms with E-state index in [2.05, 4.69) is 19.9 Å². The van der Waals surface area contributed by atoms with E-state index in [1.807, 2.05) is 24.5 Å². The third kappa shape index (κ3) is 2.03. The van der Waals surface area contributed by atoms with Gasteiger partial charge in [-0.15, -0.1) is 0 Å². The predicted molar refractivity (Wildman–Crippen MR) is 90.5 cm³/mol. The molecule has 4 rings (SSSR count). The number of aromatic amines is 1. The minimum atomic E-state index is 0.532. The molecule has 0 atom stereocenters. The summed E-state index contributed by atoms with van der Waals surface area (Å²) in [6, 6.07) is 5.60. The minimum absolute atomic E-state index is 0.532. The Kier molecular flexibility index (Phi) is 3.21. The molecular weight excluding hydrogens is 319 g/mol. The SMILES string of the molecule is Clc1cccc(C2=C(c3c[nH]c4nccnc34)CN=C2)c1Cl. The Labute approximate surface area is 136 Å². The van der Waals surface area contributed by atoms with Crippen molar-refractivity contribution in [1.82, 2.24) is 15.0 Å². The number of allylic oxidation sites excluding steroid dienone is 1. The van der Waals surface area contributed by atoms with Crippen LogP contribution in [0, 0.1) is 0 Å². The lowest BCUT2D eigenvalue weighted by molar-refractivity contribution is 1.26. The summed E-state index contributed by atoms with van der Waals surface area (Å²) < 4.78 is 0. The number of halogens is 2. The summed E-state index contributed by atoms with van der Waals surface area (Å²) in [5, 5.41) is 1.07. The third-order valence-electron chi connectivity index (χ3n) is 3.67. The molecule has 3 aromatic rings. The molecular formula is C16H10Cl2N4. The van der Waals surface area contributed by atoms with Gasteiger partial charge in [-0.3, -0.25) is 9.98 Å². The zero-order valence-corrected chi connectivity index (χ0v) is 12.9. The number of H-pyrrole nitrogens is 1. The maximum absolute atomic E-state index is 6.35. The number of fused-ring (bicyclic) bond motifs is 1. The van der Waals surface area contributed by atoms with Gasteiger partial charge in [-0.2, -0.15) is 0 Å². The number of aromatic nitrogens is 3. The molecule has 1 N–H and O–H groups in total. The summed E-state index contributed by atoms with van der Waals surface area (Å²) in [6.45, 7) is 0.585. The van der Waals surface area contributed by atoms with Crippen LogP contribution in [0.15, 0.2) is 41.8 Å². The number of nitrogens with one attached hydrogen (secondary N) is 1. The van der Waals surface area contributed by atoms with Gasteiger partial charge in [0.25, 0.3) is 0 Å². The molecule has 1 aromatic carbocycles. The number of benzene rings is 1. The lowest BCUT2D eigenvalue weighted by Gasteiger charge is -2.08. The van der Waals surface area contributed by atoms with Crippen LogP contribution in [0.2, 0.25) is 10.0 Å². The summed E-state index contributed by atoms with van der Waals surface area (Å²) in [4.78, 5) is 16.2. The first-order valence-electron chi connectivity index (χ1n) is 6.71. The fourth-order valence-electron chi connectivity index (χ4n) is 2.65. The predicted octanol–water partition coefficient (Wildman–Crippen LogP) is 4.26. The van der Waals surface area contributed by atoms with E-state index in [1.54, 1.807) is 18.5 Å². The zero-order valence-electron chi connectivity index (χ0n) is 11.3. The van der Waals surface area contributed by atoms with E-state index in [0.717, 1.165) is 33.4 Å². The Bertz CT molecular complexity index is 940. The normalized spacial score (nSPS) is 14.3. The molecule has 0 bridgehead atoms. The fraction of sp³-hybridized carbons (Fsp3) is 0.0625. The second kappa shape index (κ2) is 5.23. The number of hydrogen-bond acceptors (Lipinski definition) is 3. The average Bonchev–Trinajstić information content (AvgIpc) is 3.16. The number of hydrogen-bond donors (Lipinski definition) is 1. The first kappa shape index (κ1) is 13.5. The number of rotatable bonds is 2. The Morgan fingerprint density at radius 2 is 1.91 bits per heavy atom. The van der Waals surface area contributed by atoms with E-state index in [9.17, 15) is 0 Å². The highest BCUT2D eigenvalue weighted by Crippen LogP contribution is 2.37. The van der Waals surface area contributed by atoms with Gasteiger partial charge in [0.15, 0.2) is 5.65 Å². The second-order valence-corrected chi connectivity index (χ2v) is 5.70. The molecule has 0 unspecified atom stereocenters. The monoisotopic (exact) mass is 328 g/mol. The van der Waals surface area contributed by atoms with Crippen LogP contribution in [0.5, 0.6) is 0 Å². The van der Waals surface area contributed by atoms with Gasteiger partial charge in [-0.05, 0) is 11.6 Å². The maximum Gasteiger partial charge on any atom is 0.156 e. The quantitative estimate of drug-likeness (QED) is 0.764. The number of aliphatic imine (C=N–C) groups is 1. The molecule has 0 aliphatic carbocycles. The van der Waals surface area contributed by atoms with Crippen molar-refractivity contribution in [3.8, 4) is 0 Å². The summed E-state index contributed by atoms with van der Waals surface area (Å²) in [7, 11) is 0. The van der Waals surface area contributed by atoms with Gasteiger partial charge >= 0.3 is 0 Å². The van der Waals surface area contributed by atoms with Gasteiger partial charge < -0.3 is 4.98 Å². The molecule has 22 heavy (non-hydrogen) atoms. The highest BCUT2D eigenvalue weighted by atomic mass is 35.5. The van der Waals surface area contributed by atoms with Crippen molar-refractivity contribution in [1.29, 1.82) is 0 Å². The highest BCUT2D eigenvalue weighted by molar-refractivity contribution is 6.44. The molecule has 0 saturated carbocycles.